The first-order chi connectivity index (χ1) is 14.5. The van der Waals surface area contributed by atoms with E-state index in [1.165, 1.54) is 0 Å². The van der Waals surface area contributed by atoms with E-state index in [2.05, 4.69) is 11.1 Å². The molecule has 6 heteroatoms. The number of nitrogens with one attached hydrogen (secondary N) is 1. The number of benzene rings is 3. The molecule has 5 rings (SSSR count). The smallest absolute Gasteiger partial charge is 0.252 e. The van der Waals surface area contributed by atoms with Crippen LogP contribution in [0.2, 0.25) is 5.02 Å². The molecule has 0 radical (unpaired) electrons. The molecule has 146 valence electrons. The van der Waals surface area contributed by atoms with Crippen LogP contribution in [0, 0.1) is 18.3 Å². The highest BCUT2D eigenvalue weighted by Gasteiger charge is 2.33. The van der Waals surface area contributed by atoms with Crippen LogP contribution in [0.25, 0.3) is 21.7 Å². The molecule has 3 aromatic carbocycles. The number of nitrogens with two attached hydrogens (primary N) is 1. The van der Waals surface area contributed by atoms with Gasteiger partial charge in [0, 0.05) is 27.1 Å². The molecule has 1 atom stereocenters. The van der Waals surface area contributed by atoms with Gasteiger partial charge in [-0.15, -0.1) is 0 Å². The van der Waals surface area contributed by atoms with Crippen molar-refractivity contribution in [2.45, 2.75) is 12.8 Å². The minimum absolute atomic E-state index is 0.0122. The summed E-state index contributed by atoms with van der Waals surface area (Å²) < 4.78 is 5.87. The molecule has 0 aliphatic carbocycles. The Labute approximate surface area is 177 Å². The molecular formula is C24H16ClN3O2. The summed E-state index contributed by atoms with van der Waals surface area (Å²) in [5.74, 6) is -0.0491. The third-order valence-electron chi connectivity index (χ3n) is 5.57. The van der Waals surface area contributed by atoms with Crippen LogP contribution in [0.1, 0.15) is 22.6 Å². The molecule has 2 heterocycles. The quantitative estimate of drug-likeness (QED) is 0.466. The van der Waals surface area contributed by atoms with Crippen molar-refractivity contribution >= 4 is 33.3 Å². The van der Waals surface area contributed by atoms with Crippen LogP contribution < -0.4 is 16.0 Å². The van der Waals surface area contributed by atoms with Crippen LogP contribution in [0.5, 0.6) is 5.75 Å². The number of aromatic nitrogens is 1. The zero-order valence-corrected chi connectivity index (χ0v) is 16.7. The maximum absolute atomic E-state index is 13.1. The Morgan fingerprint density at radius 3 is 2.70 bits per heavy atom. The van der Waals surface area contributed by atoms with Gasteiger partial charge in [0.1, 0.15) is 17.4 Å². The number of allylic oxidation sites excluding steroid dienone is 1. The molecule has 0 saturated carbocycles. The lowest BCUT2D eigenvalue weighted by molar-refractivity contribution is 0.398. The normalized spacial score (nSPS) is 15.7. The molecule has 1 aliphatic rings. The van der Waals surface area contributed by atoms with Crippen molar-refractivity contribution in [1.29, 1.82) is 5.26 Å². The van der Waals surface area contributed by atoms with Crippen LogP contribution in [0.3, 0.4) is 0 Å². The van der Waals surface area contributed by atoms with Gasteiger partial charge in [-0.25, -0.2) is 0 Å². The van der Waals surface area contributed by atoms with Crippen molar-refractivity contribution in [2.75, 3.05) is 0 Å². The number of halogens is 1. The van der Waals surface area contributed by atoms with E-state index in [1.54, 1.807) is 12.1 Å². The Bertz CT molecular complexity index is 1490. The van der Waals surface area contributed by atoms with Crippen molar-refractivity contribution in [3.63, 3.8) is 0 Å². The van der Waals surface area contributed by atoms with Crippen LogP contribution >= 0.6 is 11.6 Å². The number of hydrogen-bond acceptors (Lipinski definition) is 4. The van der Waals surface area contributed by atoms with Crippen molar-refractivity contribution in [1.82, 2.24) is 4.98 Å². The van der Waals surface area contributed by atoms with E-state index in [-0.39, 0.29) is 17.0 Å². The zero-order valence-electron chi connectivity index (χ0n) is 16.0. The molecule has 30 heavy (non-hydrogen) atoms. The number of hydrogen-bond donors (Lipinski definition) is 2. The molecular weight excluding hydrogens is 398 g/mol. The molecule has 0 fully saturated rings. The molecule has 4 aromatic rings. The van der Waals surface area contributed by atoms with Crippen molar-refractivity contribution in [3.05, 3.63) is 98.1 Å². The summed E-state index contributed by atoms with van der Waals surface area (Å²) in [5.41, 5.74) is 8.76. The summed E-state index contributed by atoms with van der Waals surface area (Å²) in [4.78, 5) is 16.0. The van der Waals surface area contributed by atoms with Crippen molar-refractivity contribution in [3.8, 4) is 11.8 Å². The number of nitrogens with zero attached hydrogens (tertiary/aromatic N) is 1. The molecule has 0 spiro atoms. The Kier molecular flexibility index (Phi) is 4.05. The molecule has 3 N–H and O–H groups in total. The van der Waals surface area contributed by atoms with Crippen molar-refractivity contribution < 1.29 is 4.74 Å². The summed E-state index contributed by atoms with van der Waals surface area (Å²) in [6.45, 7) is 1.90. The lowest BCUT2D eigenvalue weighted by atomic mass is 9.82. The van der Waals surface area contributed by atoms with Crippen LogP contribution in [0.15, 0.2) is 70.8 Å². The number of pyridine rings is 1. The van der Waals surface area contributed by atoms with Crippen molar-refractivity contribution in [2.24, 2.45) is 5.73 Å². The van der Waals surface area contributed by atoms with E-state index < -0.39 is 5.92 Å². The first-order valence-electron chi connectivity index (χ1n) is 9.40. The summed E-state index contributed by atoms with van der Waals surface area (Å²) in [6.07, 6.45) is 0. The second kappa shape index (κ2) is 6.65. The number of aryl methyl sites for hydroxylation is 1. The Hall–Kier alpha value is -3.75. The van der Waals surface area contributed by atoms with Gasteiger partial charge >= 0.3 is 0 Å². The lowest BCUT2D eigenvalue weighted by Gasteiger charge is -2.27. The lowest BCUT2D eigenvalue weighted by Crippen LogP contribution is -2.25. The second-order valence-electron chi connectivity index (χ2n) is 7.37. The van der Waals surface area contributed by atoms with Gasteiger partial charge in [0.05, 0.1) is 5.92 Å². The number of rotatable bonds is 1. The largest absolute Gasteiger partial charge is 0.440 e. The minimum Gasteiger partial charge on any atom is -0.440 e. The third kappa shape index (κ3) is 2.66. The zero-order chi connectivity index (χ0) is 21.0. The minimum atomic E-state index is -0.632. The van der Waals surface area contributed by atoms with Gasteiger partial charge in [-0.3, -0.25) is 4.79 Å². The number of aromatic amines is 1. The standard InChI is InChI=1S/C24H16ClN3O2/c1-12-8-14-9-17(24(29)28-20(14)10-19(12)25)21-16-7-6-13-4-2-3-5-15(13)22(16)30-23(27)18(21)11-26/h2-10,21H,27H2,1H3,(H,28,29)/t21-/m0/s1. The van der Waals surface area contributed by atoms with E-state index in [4.69, 9.17) is 22.1 Å². The number of H-pyrrole nitrogens is 1. The van der Waals surface area contributed by atoms with E-state index >= 15 is 0 Å². The van der Waals surface area contributed by atoms with E-state index in [0.29, 0.717) is 21.9 Å². The molecule has 0 amide bonds. The van der Waals surface area contributed by atoms with Gasteiger partial charge in [0.15, 0.2) is 0 Å². The molecule has 0 saturated heterocycles. The van der Waals surface area contributed by atoms with E-state index in [9.17, 15) is 10.1 Å². The predicted molar refractivity (Wildman–Crippen MR) is 118 cm³/mol. The fourth-order valence-corrected chi connectivity index (χ4v) is 4.24. The summed E-state index contributed by atoms with van der Waals surface area (Å²) >= 11 is 6.21. The van der Waals surface area contributed by atoms with Crippen LogP contribution in [-0.2, 0) is 0 Å². The van der Waals surface area contributed by atoms with Gasteiger partial charge in [0.2, 0.25) is 5.88 Å². The first-order valence-corrected chi connectivity index (χ1v) is 9.78. The number of fused-ring (bicyclic) bond motifs is 4. The van der Waals surface area contributed by atoms with Gasteiger partial charge in [-0.1, -0.05) is 48.0 Å². The van der Waals surface area contributed by atoms with E-state index in [1.807, 2.05) is 49.4 Å². The molecule has 1 aromatic heterocycles. The summed E-state index contributed by atoms with van der Waals surface area (Å²) in [6, 6.07) is 19.2. The average Bonchev–Trinajstić information content (AvgIpc) is 2.74. The fraction of sp³-hybridized carbons (Fsp3) is 0.0833. The monoisotopic (exact) mass is 413 g/mol. The van der Waals surface area contributed by atoms with Gasteiger partial charge in [-0.2, -0.15) is 5.26 Å². The number of nitriles is 1. The molecule has 0 unspecified atom stereocenters. The van der Waals surface area contributed by atoms with Crippen LogP contribution in [-0.4, -0.2) is 4.98 Å². The Morgan fingerprint density at radius 1 is 1.10 bits per heavy atom. The highest BCUT2D eigenvalue weighted by atomic mass is 35.5. The Morgan fingerprint density at radius 2 is 1.90 bits per heavy atom. The first kappa shape index (κ1) is 18.3. The molecule has 1 aliphatic heterocycles. The van der Waals surface area contributed by atoms with Crippen LogP contribution in [0.4, 0.5) is 0 Å². The molecule has 0 bridgehead atoms. The number of ether oxygens (including phenoxy) is 1. The predicted octanol–water partition coefficient (Wildman–Crippen LogP) is 4.86. The SMILES string of the molecule is Cc1cc2cc([C@H]3C(C#N)=C(N)Oc4c3ccc3ccccc43)c(=O)[nH]c2cc1Cl. The average molecular weight is 414 g/mol. The summed E-state index contributed by atoms with van der Waals surface area (Å²) in [5, 5.41) is 13.1. The fourth-order valence-electron chi connectivity index (χ4n) is 4.08. The third-order valence-corrected chi connectivity index (χ3v) is 5.98. The topological polar surface area (TPSA) is 91.9 Å². The van der Waals surface area contributed by atoms with Gasteiger partial charge < -0.3 is 15.5 Å². The van der Waals surface area contributed by atoms with E-state index in [0.717, 1.165) is 27.3 Å². The highest BCUT2D eigenvalue weighted by Crippen LogP contribution is 2.44. The second-order valence-corrected chi connectivity index (χ2v) is 7.78. The van der Waals surface area contributed by atoms with Gasteiger partial charge in [0.25, 0.3) is 5.56 Å². The summed E-state index contributed by atoms with van der Waals surface area (Å²) in [7, 11) is 0. The maximum atomic E-state index is 13.1. The highest BCUT2D eigenvalue weighted by molar-refractivity contribution is 6.32. The maximum Gasteiger partial charge on any atom is 0.252 e. The van der Waals surface area contributed by atoms with Gasteiger partial charge in [-0.05, 0) is 41.5 Å². The molecule has 5 nitrogen and oxygen atoms in total. The Balaban J connectivity index is 1.83.